The minimum absolute atomic E-state index is 0.0943. The van der Waals surface area contributed by atoms with Gasteiger partial charge >= 0.3 is 5.69 Å². The van der Waals surface area contributed by atoms with Crippen LogP contribution >= 0.6 is 0 Å². The lowest BCUT2D eigenvalue weighted by Gasteiger charge is -2.20. The Balaban J connectivity index is 0.00000164. The van der Waals surface area contributed by atoms with E-state index in [4.69, 9.17) is 0 Å². The molecule has 1 saturated carbocycles. The van der Waals surface area contributed by atoms with Crippen molar-refractivity contribution in [2.75, 3.05) is 5.32 Å². The number of hydrogen-bond donors (Lipinski definition) is 1. The van der Waals surface area contributed by atoms with Crippen LogP contribution in [0.5, 0.6) is 0 Å². The summed E-state index contributed by atoms with van der Waals surface area (Å²) < 4.78 is 18.6. The molecule has 0 saturated heterocycles. The molecule has 0 unspecified atom stereocenters. The van der Waals surface area contributed by atoms with E-state index in [0.29, 0.717) is 24.1 Å². The molecule has 0 spiro atoms. The molecule has 0 amide bonds. The molecule has 2 heterocycles. The molecular weight excluding hydrogens is 487 g/mol. The van der Waals surface area contributed by atoms with E-state index in [1.165, 1.54) is 39.8 Å². The van der Waals surface area contributed by atoms with Crippen LogP contribution in [0, 0.1) is 19.7 Å². The Morgan fingerprint density at radius 3 is 2.16 bits per heavy atom. The van der Waals surface area contributed by atoms with Crippen LogP contribution in [0.25, 0.3) is 16.6 Å². The number of rotatable bonds is 5. The molecule has 9 heteroatoms. The summed E-state index contributed by atoms with van der Waals surface area (Å²) in [4.78, 5) is 52.5. The highest BCUT2D eigenvalue weighted by Crippen LogP contribution is 2.34. The number of fused-ring (bicyclic) bond motifs is 1. The summed E-state index contributed by atoms with van der Waals surface area (Å²) in [5, 5.41) is 3.05. The van der Waals surface area contributed by atoms with Crippen LogP contribution in [-0.4, -0.2) is 19.5 Å². The Bertz CT molecular complexity index is 1740. The first kappa shape index (κ1) is 26.8. The summed E-state index contributed by atoms with van der Waals surface area (Å²) in [7, 11) is 1.50. The number of nitrogens with zero attached hydrogens (tertiary/aromatic N) is 3. The molecule has 1 aliphatic carbocycles. The molecule has 0 bridgehead atoms. The standard InChI is InChI=1S/C27H25FN4O4.C2H6/c1-14-5-12-21(20(28)13-14)29-24-22-23(15(2)25(34)30(24)4)31(18-8-6-17(7-9-18)16(3)33)27(36)32(26(22)35)19-10-11-19;1-2/h5-9,12-13,19,29H,10-11H2,1-4H3;1-2H3. The molecule has 0 atom stereocenters. The lowest BCUT2D eigenvalue weighted by atomic mass is 10.1. The molecule has 4 aromatic rings. The largest absolute Gasteiger partial charge is 0.338 e. The van der Waals surface area contributed by atoms with E-state index in [9.17, 15) is 23.6 Å². The Labute approximate surface area is 219 Å². The van der Waals surface area contributed by atoms with Gasteiger partial charge in [0.25, 0.3) is 11.1 Å². The van der Waals surface area contributed by atoms with Gasteiger partial charge in [-0.05, 0) is 75.6 Å². The summed E-state index contributed by atoms with van der Waals surface area (Å²) in [5.74, 6) is -0.568. The number of carbonyl (C=O) groups is 1. The number of Topliss-reactive ketones (excluding diaryl/α,β-unsaturated/α-hetero) is 1. The highest BCUT2D eigenvalue weighted by molar-refractivity contribution is 5.95. The topological polar surface area (TPSA) is 95.1 Å². The SMILES string of the molecule is CC.CC(=O)c1ccc(-n2c(=O)n(C3CC3)c(=O)c3c(Nc4ccc(C)cc4F)n(C)c(=O)c(C)c32)cc1. The zero-order chi connectivity index (χ0) is 27.9. The van der Waals surface area contributed by atoms with E-state index in [0.717, 1.165) is 5.56 Å². The average molecular weight is 519 g/mol. The Morgan fingerprint density at radius 2 is 1.61 bits per heavy atom. The highest BCUT2D eigenvalue weighted by Gasteiger charge is 2.31. The van der Waals surface area contributed by atoms with Gasteiger partial charge in [-0.3, -0.25) is 28.1 Å². The van der Waals surface area contributed by atoms with Crippen molar-refractivity contribution in [3.05, 3.63) is 96.2 Å². The lowest BCUT2D eigenvalue weighted by Crippen LogP contribution is -2.41. The second kappa shape index (κ2) is 10.2. The molecule has 2 aromatic heterocycles. The van der Waals surface area contributed by atoms with Crippen molar-refractivity contribution < 1.29 is 9.18 Å². The Hall–Kier alpha value is -4.27. The van der Waals surface area contributed by atoms with Gasteiger partial charge < -0.3 is 5.32 Å². The summed E-state index contributed by atoms with van der Waals surface area (Å²) >= 11 is 0. The number of ketones is 1. The zero-order valence-electron chi connectivity index (χ0n) is 22.4. The van der Waals surface area contributed by atoms with Gasteiger partial charge in [0.15, 0.2) is 5.78 Å². The molecule has 0 radical (unpaired) electrons. The first-order valence-corrected chi connectivity index (χ1v) is 12.7. The number of benzene rings is 2. The average Bonchev–Trinajstić information content (AvgIpc) is 3.73. The fourth-order valence-corrected chi connectivity index (χ4v) is 4.55. The van der Waals surface area contributed by atoms with Crippen LogP contribution in [0.2, 0.25) is 0 Å². The maximum Gasteiger partial charge on any atom is 0.336 e. The van der Waals surface area contributed by atoms with Gasteiger partial charge in [-0.1, -0.05) is 19.9 Å². The van der Waals surface area contributed by atoms with Crippen LogP contribution in [-0.2, 0) is 7.05 Å². The van der Waals surface area contributed by atoms with E-state index in [1.54, 1.807) is 44.2 Å². The lowest BCUT2D eigenvalue weighted by molar-refractivity contribution is 0.101. The summed E-state index contributed by atoms with van der Waals surface area (Å²) in [6.07, 6.45) is 1.37. The van der Waals surface area contributed by atoms with Crippen molar-refractivity contribution in [1.82, 2.24) is 13.7 Å². The first-order valence-electron chi connectivity index (χ1n) is 12.7. The number of aromatic nitrogens is 3. The number of anilines is 2. The first-order chi connectivity index (χ1) is 18.1. The predicted octanol–water partition coefficient (Wildman–Crippen LogP) is 4.91. The van der Waals surface area contributed by atoms with Gasteiger partial charge in [-0.15, -0.1) is 0 Å². The maximum absolute atomic E-state index is 14.8. The number of hydrogen-bond acceptors (Lipinski definition) is 5. The molecule has 0 aliphatic heterocycles. The van der Waals surface area contributed by atoms with Crippen molar-refractivity contribution in [3.63, 3.8) is 0 Å². The van der Waals surface area contributed by atoms with Gasteiger partial charge in [0.05, 0.1) is 16.9 Å². The third-order valence-corrected chi connectivity index (χ3v) is 6.67. The number of nitrogens with one attached hydrogen (secondary N) is 1. The Kier molecular flexibility index (Phi) is 7.22. The van der Waals surface area contributed by atoms with E-state index >= 15 is 0 Å². The van der Waals surface area contributed by atoms with E-state index in [2.05, 4.69) is 5.32 Å². The van der Waals surface area contributed by atoms with Crippen LogP contribution < -0.4 is 22.1 Å². The normalized spacial score (nSPS) is 12.7. The number of halogens is 1. The molecule has 198 valence electrons. The van der Waals surface area contributed by atoms with Crippen LogP contribution in [0.4, 0.5) is 15.9 Å². The van der Waals surface area contributed by atoms with Crippen LogP contribution in [0.15, 0.2) is 56.8 Å². The fraction of sp³-hybridized carbons (Fsp3) is 0.310. The van der Waals surface area contributed by atoms with Crippen molar-refractivity contribution in [1.29, 1.82) is 0 Å². The molecule has 5 rings (SSSR count). The Morgan fingerprint density at radius 1 is 0.974 bits per heavy atom. The maximum atomic E-state index is 14.8. The molecule has 1 aliphatic rings. The molecule has 1 fully saturated rings. The van der Waals surface area contributed by atoms with E-state index < -0.39 is 22.6 Å². The zero-order valence-corrected chi connectivity index (χ0v) is 22.4. The second-order valence-electron chi connectivity index (χ2n) is 9.30. The smallest absolute Gasteiger partial charge is 0.336 e. The van der Waals surface area contributed by atoms with Crippen molar-refractivity contribution in [3.8, 4) is 5.69 Å². The second-order valence-corrected chi connectivity index (χ2v) is 9.30. The third kappa shape index (κ3) is 4.49. The van der Waals surface area contributed by atoms with Gasteiger partial charge in [-0.25, -0.2) is 9.18 Å². The van der Waals surface area contributed by atoms with Crippen molar-refractivity contribution >= 4 is 28.2 Å². The number of pyridine rings is 1. The third-order valence-electron chi connectivity index (χ3n) is 6.67. The quantitative estimate of drug-likeness (QED) is 0.379. The van der Waals surface area contributed by atoms with Crippen LogP contribution in [0.3, 0.4) is 0 Å². The molecule has 38 heavy (non-hydrogen) atoms. The molecule has 2 aromatic carbocycles. The van der Waals surface area contributed by atoms with E-state index in [-0.39, 0.29) is 39.8 Å². The predicted molar refractivity (Wildman–Crippen MR) is 148 cm³/mol. The van der Waals surface area contributed by atoms with Crippen molar-refractivity contribution in [2.24, 2.45) is 7.05 Å². The van der Waals surface area contributed by atoms with Gasteiger partial charge in [0.1, 0.15) is 17.0 Å². The van der Waals surface area contributed by atoms with Gasteiger partial charge in [0.2, 0.25) is 0 Å². The summed E-state index contributed by atoms with van der Waals surface area (Å²) in [6, 6.07) is 10.8. The molecule has 1 N–H and O–H groups in total. The minimum atomic E-state index is -0.561. The van der Waals surface area contributed by atoms with Gasteiger partial charge in [-0.2, -0.15) is 0 Å². The monoisotopic (exact) mass is 518 g/mol. The van der Waals surface area contributed by atoms with E-state index in [1.807, 2.05) is 13.8 Å². The van der Waals surface area contributed by atoms with Gasteiger partial charge in [0, 0.05) is 24.2 Å². The fourth-order valence-electron chi connectivity index (χ4n) is 4.55. The summed E-state index contributed by atoms with van der Waals surface area (Å²) in [5.41, 5.74) is 0.517. The van der Waals surface area contributed by atoms with Crippen molar-refractivity contribution in [2.45, 2.75) is 53.5 Å². The molecular formula is C29H31FN4O4. The molecule has 8 nitrogen and oxygen atoms in total. The highest BCUT2D eigenvalue weighted by atomic mass is 19.1. The number of aryl methyl sites for hydroxylation is 2. The van der Waals surface area contributed by atoms with Crippen LogP contribution in [0.1, 0.15) is 61.1 Å². The minimum Gasteiger partial charge on any atom is -0.338 e. The summed E-state index contributed by atoms with van der Waals surface area (Å²) in [6.45, 7) is 8.76. The number of carbonyl (C=O) groups excluding carboxylic acids is 1.